The van der Waals surface area contributed by atoms with Crippen molar-refractivity contribution in [1.29, 1.82) is 0 Å². The number of rotatable bonds is 6. The molecule has 0 radical (unpaired) electrons. The number of nitrogens with zero attached hydrogens (tertiary/aromatic N) is 2. The second-order valence-electron chi connectivity index (χ2n) is 5.99. The lowest BCUT2D eigenvalue weighted by Crippen LogP contribution is -2.38. The first kappa shape index (κ1) is 17.0. The molecule has 2 aromatic heterocycles. The monoisotopic (exact) mass is 348 g/mol. The molecule has 130 valence electrons. The zero-order valence-electron chi connectivity index (χ0n) is 13.9. The largest absolute Gasteiger partial charge is 0.394 e. The number of carbonyl (C=O) groups excluding carboxylic acids is 1. The van der Waals surface area contributed by atoms with Gasteiger partial charge < -0.3 is 15.7 Å². The van der Waals surface area contributed by atoms with Crippen molar-refractivity contribution in [2.24, 2.45) is 0 Å². The van der Waals surface area contributed by atoms with Crippen LogP contribution in [0, 0.1) is 0 Å². The maximum Gasteiger partial charge on any atom is 0.315 e. The standard InChI is InChI=1S/C17H24N4O2S/c1-2-12-6-7-13(24-12)10-18-17(23)20-15-4-3-5-16-14(15)11-19-21(16)8-9-22/h6-7,11,15,22H,2-5,8-10H2,1H3,(H2,18,20,23)/t15-/m0/s1. The fourth-order valence-electron chi connectivity index (χ4n) is 3.14. The number of aliphatic hydroxyl groups excluding tert-OH is 1. The van der Waals surface area contributed by atoms with Gasteiger partial charge in [0.05, 0.1) is 31.9 Å². The summed E-state index contributed by atoms with van der Waals surface area (Å²) in [5.74, 6) is 0. The van der Waals surface area contributed by atoms with Gasteiger partial charge in [0.15, 0.2) is 0 Å². The summed E-state index contributed by atoms with van der Waals surface area (Å²) in [6.45, 7) is 3.27. The number of aromatic nitrogens is 2. The first-order chi connectivity index (χ1) is 11.7. The van der Waals surface area contributed by atoms with Gasteiger partial charge in [-0.05, 0) is 37.8 Å². The van der Waals surface area contributed by atoms with Crippen LogP contribution in [0.2, 0.25) is 0 Å². The lowest BCUT2D eigenvalue weighted by molar-refractivity contribution is 0.235. The SMILES string of the molecule is CCc1ccc(CNC(=O)N[C@H]2CCCc3c2cnn3CCO)s1. The molecule has 1 aliphatic carbocycles. The van der Waals surface area contributed by atoms with Gasteiger partial charge in [0.25, 0.3) is 0 Å². The Morgan fingerprint density at radius 3 is 3.04 bits per heavy atom. The first-order valence-corrected chi connectivity index (χ1v) is 9.30. The number of hydrogen-bond acceptors (Lipinski definition) is 4. The van der Waals surface area contributed by atoms with E-state index >= 15 is 0 Å². The number of amides is 2. The zero-order chi connectivity index (χ0) is 16.9. The molecule has 7 heteroatoms. The second kappa shape index (κ2) is 7.81. The van der Waals surface area contributed by atoms with Crippen LogP contribution < -0.4 is 10.6 Å². The molecule has 3 rings (SSSR count). The molecule has 2 heterocycles. The Morgan fingerprint density at radius 2 is 2.29 bits per heavy atom. The van der Waals surface area contributed by atoms with Gasteiger partial charge in [-0.1, -0.05) is 6.92 Å². The number of aliphatic hydroxyl groups is 1. The third-order valence-corrected chi connectivity index (χ3v) is 5.60. The van der Waals surface area contributed by atoms with E-state index in [-0.39, 0.29) is 18.7 Å². The molecule has 24 heavy (non-hydrogen) atoms. The summed E-state index contributed by atoms with van der Waals surface area (Å²) in [5.41, 5.74) is 2.21. The Labute approximate surface area is 145 Å². The van der Waals surface area contributed by atoms with Crippen molar-refractivity contribution in [1.82, 2.24) is 20.4 Å². The van der Waals surface area contributed by atoms with E-state index in [0.29, 0.717) is 13.1 Å². The summed E-state index contributed by atoms with van der Waals surface area (Å²) in [7, 11) is 0. The van der Waals surface area contributed by atoms with Gasteiger partial charge in [-0.15, -0.1) is 11.3 Å². The van der Waals surface area contributed by atoms with Gasteiger partial charge in [-0.2, -0.15) is 5.10 Å². The van der Waals surface area contributed by atoms with E-state index in [1.807, 2.05) is 10.9 Å². The van der Waals surface area contributed by atoms with E-state index in [0.717, 1.165) is 36.9 Å². The van der Waals surface area contributed by atoms with Crippen LogP contribution in [0.1, 0.15) is 46.8 Å². The van der Waals surface area contributed by atoms with Gasteiger partial charge in [0, 0.05) is 21.0 Å². The third kappa shape index (κ3) is 3.79. The Bertz CT molecular complexity index is 695. The Morgan fingerprint density at radius 1 is 1.46 bits per heavy atom. The summed E-state index contributed by atoms with van der Waals surface area (Å²) in [6, 6.07) is 4.04. The molecule has 0 bridgehead atoms. The number of hydrogen-bond donors (Lipinski definition) is 3. The predicted octanol–water partition coefficient (Wildman–Crippen LogP) is 2.38. The van der Waals surface area contributed by atoms with Crippen LogP contribution in [-0.4, -0.2) is 27.5 Å². The fraction of sp³-hybridized carbons (Fsp3) is 0.529. The number of thiophene rings is 1. The Hall–Kier alpha value is -1.86. The van der Waals surface area contributed by atoms with E-state index in [1.54, 1.807) is 11.3 Å². The minimum absolute atomic E-state index is 0.00395. The summed E-state index contributed by atoms with van der Waals surface area (Å²) in [4.78, 5) is 14.7. The van der Waals surface area contributed by atoms with Gasteiger partial charge in [0.1, 0.15) is 0 Å². The molecular weight excluding hydrogens is 324 g/mol. The molecule has 6 nitrogen and oxygen atoms in total. The smallest absolute Gasteiger partial charge is 0.315 e. The average Bonchev–Trinajstić information content (AvgIpc) is 3.21. The molecule has 1 atom stereocenters. The zero-order valence-corrected chi connectivity index (χ0v) is 14.7. The van der Waals surface area contributed by atoms with Crippen molar-refractivity contribution in [2.75, 3.05) is 6.61 Å². The Kier molecular flexibility index (Phi) is 5.52. The van der Waals surface area contributed by atoms with Gasteiger partial charge in [-0.3, -0.25) is 4.68 Å². The highest BCUT2D eigenvalue weighted by molar-refractivity contribution is 7.11. The van der Waals surface area contributed by atoms with Crippen LogP contribution in [-0.2, 0) is 25.9 Å². The number of urea groups is 1. The number of carbonyl (C=O) groups is 1. The van der Waals surface area contributed by atoms with Crippen LogP contribution in [0.3, 0.4) is 0 Å². The normalized spacial score (nSPS) is 16.7. The van der Waals surface area contributed by atoms with Gasteiger partial charge >= 0.3 is 6.03 Å². The molecule has 0 unspecified atom stereocenters. The van der Waals surface area contributed by atoms with Crippen LogP contribution in [0.5, 0.6) is 0 Å². The average molecular weight is 348 g/mol. The molecule has 0 fully saturated rings. The highest BCUT2D eigenvalue weighted by Gasteiger charge is 2.25. The maximum atomic E-state index is 12.2. The van der Waals surface area contributed by atoms with Crippen molar-refractivity contribution in [3.8, 4) is 0 Å². The molecule has 0 aromatic carbocycles. The molecule has 3 N–H and O–H groups in total. The fourth-order valence-corrected chi connectivity index (χ4v) is 4.04. The summed E-state index contributed by atoms with van der Waals surface area (Å²) in [6.07, 6.45) is 5.73. The molecule has 0 saturated heterocycles. The predicted molar refractivity (Wildman–Crippen MR) is 94.1 cm³/mol. The molecule has 0 spiro atoms. The highest BCUT2D eigenvalue weighted by atomic mass is 32.1. The van der Waals surface area contributed by atoms with E-state index in [2.05, 4.69) is 34.8 Å². The quantitative estimate of drug-likeness (QED) is 0.750. The number of fused-ring (bicyclic) bond motifs is 1. The maximum absolute atomic E-state index is 12.2. The summed E-state index contributed by atoms with van der Waals surface area (Å²) >= 11 is 1.74. The molecule has 0 saturated carbocycles. The third-order valence-electron chi connectivity index (χ3n) is 4.37. The van der Waals surface area contributed by atoms with Crippen LogP contribution in [0.15, 0.2) is 18.3 Å². The van der Waals surface area contributed by atoms with Crippen molar-refractivity contribution in [3.63, 3.8) is 0 Å². The van der Waals surface area contributed by atoms with E-state index in [9.17, 15) is 4.79 Å². The van der Waals surface area contributed by atoms with Crippen molar-refractivity contribution >= 4 is 17.4 Å². The van der Waals surface area contributed by atoms with E-state index < -0.39 is 0 Å². The van der Waals surface area contributed by atoms with Crippen LogP contribution in [0.4, 0.5) is 4.79 Å². The van der Waals surface area contributed by atoms with Gasteiger partial charge in [0.2, 0.25) is 0 Å². The van der Waals surface area contributed by atoms with Crippen LogP contribution >= 0.6 is 11.3 Å². The second-order valence-corrected chi connectivity index (χ2v) is 7.24. The van der Waals surface area contributed by atoms with E-state index in [4.69, 9.17) is 5.11 Å². The topological polar surface area (TPSA) is 79.2 Å². The lowest BCUT2D eigenvalue weighted by atomic mass is 9.93. The minimum atomic E-state index is -0.144. The summed E-state index contributed by atoms with van der Waals surface area (Å²) in [5, 5.41) is 19.4. The van der Waals surface area contributed by atoms with Crippen molar-refractivity contribution < 1.29 is 9.90 Å². The summed E-state index contributed by atoms with van der Waals surface area (Å²) < 4.78 is 1.85. The number of aryl methyl sites for hydroxylation is 1. The number of nitrogens with one attached hydrogen (secondary N) is 2. The molecule has 2 aromatic rings. The van der Waals surface area contributed by atoms with Crippen molar-refractivity contribution in [2.45, 2.75) is 51.7 Å². The molecule has 1 aliphatic rings. The highest BCUT2D eigenvalue weighted by Crippen LogP contribution is 2.29. The van der Waals surface area contributed by atoms with Gasteiger partial charge in [-0.25, -0.2) is 4.79 Å². The minimum Gasteiger partial charge on any atom is -0.394 e. The lowest BCUT2D eigenvalue weighted by Gasteiger charge is -2.24. The van der Waals surface area contributed by atoms with Crippen molar-refractivity contribution in [3.05, 3.63) is 39.3 Å². The first-order valence-electron chi connectivity index (χ1n) is 8.48. The van der Waals surface area contributed by atoms with E-state index in [1.165, 1.54) is 9.75 Å². The molecule has 2 amide bonds. The van der Waals surface area contributed by atoms with Crippen LogP contribution in [0.25, 0.3) is 0 Å². The Balaban J connectivity index is 1.57. The molecule has 0 aliphatic heterocycles. The molecular formula is C17H24N4O2S.